The van der Waals surface area contributed by atoms with Crippen LogP contribution in [0.3, 0.4) is 0 Å². The van der Waals surface area contributed by atoms with Gasteiger partial charge in [-0.3, -0.25) is 4.18 Å². The zero-order valence-electron chi connectivity index (χ0n) is 8.77. The zero-order chi connectivity index (χ0) is 10.8. The summed E-state index contributed by atoms with van der Waals surface area (Å²) in [5.74, 6) is 1.05. The topological polar surface area (TPSA) is 43.4 Å². The van der Waals surface area contributed by atoms with E-state index in [1.54, 1.807) is 0 Å². The summed E-state index contributed by atoms with van der Waals surface area (Å²) in [5.41, 5.74) is 0. The molecular weight excluding hydrogens is 199 g/mol. The third-order valence-corrected chi connectivity index (χ3v) is 3.46. The maximum atomic E-state index is 10.8. The van der Waals surface area contributed by atoms with E-state index in [0.29, 0.717) is 18.4 Å². The first kappa shape index (κ1) is 12.0. The van der Waals surface area contributed by atoms with Gasteiger partial charge >= 0.3 is 0 Å². The van der Waals surface area contributed by atoms with E-state index in [1.807, 2.05) is 0 Å². The number of hydrogen-bond donors (Lipinski definition) is 0. The summed E-state index contributed by atoms with van der Waals surface area (Å²) in [4.78, 5) is 0. The molecule has 1 aliphatic carbocycles. The Balaban J connectivity index is 2.44. The molecule has 80 valence electrons. The molecule has 0 unspecified atom stereocenters. The molecule has 0 aromatic rings. The van der Waals surface area contributed by atoms with Gasteiger partial charge in [0.2, 0.25) is 0 Å². The molecule has 1 rings (SSSR count). The molecule has 2 radical (unpaired) electrons. The Labute approximate surface area is 87.8 Å². The smallest absolute Gasteiger partial charge is 0.264 e. The van der Waals surface area contributed by atoms with Crippen molar-refractivity contribution in [3.05, 3.63) is 0 Å². The monoisotopic (exact) mass is 216 g/mol. The second-order valence-corrected chi connectivity index (χ2v) is 5.79. The van der Waals surface area contributed by atoms with Gasteiger partial charge in [-0.05, 0) is 11.8 Å². The minimum atomic E-state index is -3.30. The molecule has 1 fully saturated rings. The van der Waals surface area contributed by atoms with Crippen LogP contribution in [0.2, 0.25) is 5.82 Å². The molecule has 0 aliphatic heterocycles. The van der Waals surface area contributed by atoms with Gasteiger partial charge in [-0.1, -0.05) is 32.0 Å². The Morgan fingerprint density at radius 1 is 1.36 bits per heavy atom. The lowest BCUT2D eigenvalue weighted by Crippen LogP contribution is -2.16. The molecule has 0 bridgehead atoms. The van der Waals surface area contributed by atoms with Crippen LogP contribution in [0.25, 0.3) is 0 Å². The van der Waals surface area contributed by atoms with E-state index in [4.69, 9.17) is 12.0 Å². The molecular formula is C9H17BO3S. The molecule has 3 atom stereocenters. The van der Waals surface area contributed by atoms with Crippen molar-refractivity contribution in [3.63, 3.8) is 0 Å². The van der Waals surface area contributed by atoms with Crippen molar-refractivity contribution < 1.29 is 12.6 Å². The van der Waals surface area contributed by atoms with Crippen LogP contribution in [0.1, 0.15) is 26.2 Å². The molecule has 0 saturated heterocycles. The Kier molecular flexibility index (Phi) is 4.01. The molecule has 0 aromatic carbocycles. The predicted octanol–water partition coefficient (Wildman–Crippen LogP) is 1.36. The second-order valence-electron chi connectivity index (χ2n) is 4.15. The molecule has 0 aromatic heterocycles. The number of hydrogen-bond acceptors (Lipinski definition) is 3. The fourth-order valence-electron chi connectivity index (χ4n) is 2.17. The van der Waals surface area contributed by atoms with Crippen LogP contribution in [0, 0.1) is 11.8 Å². The maximum absolute atomic E-state index is 10.8. The maximum Gasteiger partial charge on any atom is 0.264 e. The van der Waals surface area contributed by atoms with Crippen LogP contribution in [-0.4, -0.2) is 29.1 Å². The number of rotatable bonds is 4. The SMILES string of the molecule is [B][C@H]1C[C@@H](CC)[C@@H](COS(C)(=O)=O)C1. The Morgan fingerprint density at radius 3 is 2.43 bits per heavy atom. The summed E-state index contributed by atoms with van der Waals surface area (Å²) in [7, 11) is 2.52. The van der Waals surface area contributed by atoms with E-state index in [-0.39, 0.29) is 5.82 Å². The van der Waals surface area contributed by atoms with Gasteiger partial charge in [0.1, 0.15) is 0 Å². The van der Waals surface area contributed by atoms with Gasteiger partial charge in [0.25, 0.3) is 10.1 Å². The summed E-state index contributed by atoms with van der Waals surface area (Å²) in [5, 5.41) is 0. The first-order chi connectivity index (χ1) is 6.42. The van der Waals surface area contributed by atoms with Crippen LogP contribution < -0.4 is 0 Å². The lowest BCUT2D eigenvalue weighted by molar-refractivity contribution is 0.218. The normalized spacial score (nSPS) is 33.4. The van der Waals surface area contributed by atoms with Crippen LogP contribution in [-0.2, 0) is 14.3 Å². The van der Waals surface area contributed by atoms with Crippen molar-refractivity contribution in [1.29, 1.82) is 0 Å². The van der Waals surface area contributed by atoms with Gasteiger partial charge < -0.3 is 0 Å². The van der Waals surface area contributed by atoms with Crippen LogP contribution >= 0.6 is 0 Å². The Bertz CT molecular complexity index is 276. The molecule has 14 heavy (non-hydrogen) atoms. The quantitative estimate of drug-likeness (QED) is 0.526. The average Bonchev–Trinajstić information content (AvgIpc) is 2.41. The van der Waals surface area contributed by atoms with E-state index in [2.05, 4.69) is 6.92 Å². The lowest BCUT2D eigenvalue weighted by Gasteiger charge is -2.16. The summed E-state index contributed by atoms with van der Waals surface area (Å²) >= 11 is 0. The van der Waals surface area contributed by atoms with E-state index in [1.165, 1.54) is 0 Å². The van der Waals surface area contributed by atoms with Crippen molar-refractivity contribution in [2.45, 2.75) is 32.0 Å². The van der Waals surface area contributed by atoms with Crippen molar-refractivity contribution in [2.75, 3.05) is 12.9 Å². The average molecular weight is 216 g/mol. The summed E-state index contributed by atoms with van der Waals surface area (Å²) < 4.78 is 26.4. The minimum absolute atomic E-state index is 0.216. The third-order valence-electron chi connectivity index (χ3n) is 2.90. The lowest BCUT2D eigenvalue weighted by atomic mass is 9.85. The first-order valence-corrected chi connectivity index (χ1v) is 6.84. The fraction of sp³-hybridized carbons (Fsp3) is 1.00. The van der Waals surface area contributed by atoms with Gasteiger partial charge in [0.05, 0.1) is 20.7 Å². The van der Waals surface area contributed by atoms with Gasteiger partial charge in [-0.15, -0.1) is 0 Å². The van der Waals surface area contributed by atoms with E-state index >= 15 is 0 Å². The standard InChI is InChI=1S/C9H17BO3S/c1-3-7-4-9(10)5-8(7)6-13-14(2,11)12/h7-9H,3-6H2,1-2H3/t7-,8-,9+/m1/s1. The highest BCUT2D eigenvalue weighted by Gasteiger charge is 2.31. The second kappa shape index (κ2) is 4.66. The van der Waals surface area contributed by atoms with Crippen molar-refractivity contribution in [1.82, 2.24) is 0 Å². The van der Waals surface area contributed by atoms with Crippen LogP contribution in [0.4, 0.5) is 0 Å². The third kappa shape index (κ3) is 3.61. The van der Waals surface area contributed by atoms with Crippen LogP contribution in [0.5, 0.6) is 0 Å². The minimum Gasteiger partial charge on any atom is -0.270 e. The molecule has 0 spiro atoms. The summed E-state index contributed by atoms with van der Waals surface area (Å²) in [6.45, 7) is 2.40. The molecule has 3 nitrogen and oxygen atoms in total. The zero-order valence-corrected chi connectivity index (χ0v) is 9.59. The van der Waals surface area contributed by atoms with E-state index in [0.717, 1.165) is 25.5 Å². The van der Waals surface area contributed by atoms with Crippen LogP contribution in [0.15, 0.2) is 0 Å². The molecule has 1 aliphatic rings. The van der Waals surface area contributed by atoms with Gasteiger partial charge in [0.15, 0.2) is 0 Å². The van der Waals surface area contributed by atoms with Crippen molar-refractivity contribution in [2.24, 2.45) is 11.8 Å². The van der Waals surface area contributed by atoms with Gasteiger partial charge in [-0.25, -0.2) is 0 Å². The molecule has 0 amide bonds. The summed E-state index contributed by atoms with van der Waals surface area (Å²) in [6, 6.07) is 0. The molecule has 5 heteroatoms. The van der Waals surface area contributed by atoms with Crippen molar-refractivity contribution >= 4 is 18.0 Å². The highest BCUT2D eigenvalue weighted by atomic mass is 32.2. The first-order valence-electron chi connectivity index (χ1n) is 5.02. The van der Waals surface area contributed by atoms with Crippen molar-refractivity contribution in [3.8, 4) is 0 Å². The van der Waals surface area contributed by atoms with Gasteiger partial charge in [-0.2, -0.15) is 8.42 Å². The van der Waals surface area contributed by atoms with E-state index < -0.39 is 10.1 Å². The Hall–Kier alpha value is -0.0251. The van der Waals surface area contributed by atoms with Gasteiger partial charge in [0, 0.05) is 0 Å². The molecule has 1 saturated carbocycles. The fourth-order valence-corrected chi connectivity index (χ4v) is 2.60. The predicted molar refractivity (Wildman–Crippen MR) is 56.8 cm³/mol. The molecule has 0 N–H and O–H groups in total. The highest BCUT2D eigenvalue weighted by molar-refractivity contribution is 7.85. The summed E-state index contributed by atoms with van der Waals surface area (Å²) in [6.07, 6.45) is 4.01. The van der Waals surface area contributed by atoms with E-state index in [9.17, 15) is 8.42 Å². The molecule has 0 heterocycles. The largest absolute Gasteiger partial charge is 0.270 e. The Morgan fingerprint density at radius 2 is 1.93 bits per heavy atom. The highest BCUT2D eigenvalue weighted by Crippen LogP contribution is 2.40.